The van der Waals surface area contributed by atoms with Crippen molar-refractivity contribution < 1.29 is 19.4 Å². The molecular formula is C13H22N2O4. The van der Waals surface area contributed by atoms with Crippen LogP contribution in [-0.4, -0.2) is 46.9 Å². The number of carboxylic acid groups (broad SMARTS) is 1. The maximum atomic E-state index is 11.6. The van der Waals surface area contributed by atoms with Crippen molar-refractivity contribution in [1.29, 1.82) is 0 Å². The first-order valence-electron chi connectivity index (χ1n) is 6.73. The lowest BCUT2D eigenvalue weighted by molar-refractivity contribution is 0.0519. The Hall–Kier alpha value is -1.46. The van der Waals surface area contributed by atoms with Gasteiger partial charge in [0.05, 0.1) is 0 Å². The Morgan fingerprint density at radius 1 is 1.37 bits per heavy atom. The van der Waals surface area contributed by atoms with Gasteiger partial charge in [-0.25, -0.2) is 9.59 Å². The van der Waals surface area contributed by atoms with Crippen molar-refractivity contribution in [1.82, 2.24) is 10.2 Å². The van der Waals surface area contributed by atoms with E-state index in [1.54, 1.807) is 0 Å². The van der Waals surface area contributed by atoms with Gasteiger partial charge in [-0.1, -0.05) is 0 Å². The van der Waals surface area contributed by atoms with E-state index in [1.807, 2.05) is 20.8 Å². The summed E-state index contributed by atoms with van der Waals surface area (Å²) in [6.07, 6.45) is 0.591. The fraction of sp³-hybridized carbons (Fsp3) is 0.846. The van der Waals surface area contributed by atoms with Crippen molar-refractivity contribution in [2.45, 2.75) is 45.3 Å². The van der Waals surface area contributed by atoms with Crippen LogP contribution < -0.4 is 5.32 Å². The van der Waals surface area contributed by atoms with Crippen molar-refractivity contribution in [3.8, 4) is 0 Å². The number of hydrogen-bond donors (Lipinski definition) is 2. The zero-order valence-corrected chi connectivity index (χ0v) is 11.7. The third-order valence-electron chi connectivity index (χ3n) is 3.64. The Morgan fingerprint density at radius 2 is 2.05 bits per heavy atom. The molecule has 1 aliphatic carbocycles. The standard InChI is InChI=1S/C13H22N2O4/c1-13(2,3)19-11(16)14-10-6-9(10)8-4-5-15(7-8)12(17)18/h8-10H,4-7H2,1-3H3,(H,14,16)(H,17,18)/t8?,9-,10-/m0/s1. The number of hydrogen-bond acceptors (Lipinski definition) is 3. The van der Waals surface area contributed by atoms with Gasteiger partial charge in [-0.15, -0.1) is 0 Å². The number of ether oxygens (including phenoxy) is 1. The first kappa shape index (κ1) is 14.0. The van der Waals surface area contributed by atoms with E-state index in [4.69, 9.17) is 9.84 Å². The van der Waals surface area contributed by atoms with Gasteiger partial charge in [-0.05, 0) is 45.4 Å². The van der Waals surface area contributed by atoms with Crippen molar-refractivity contribution in [2.75, 3.05) is 13.1 Å². The number of rotatable bonds is 2. The van der Waals surface area contributed by atoms with E-state index in [9.17, 15) is 9.59 Å². The molecule has 2 aliphatic rings. The summed E-state index contributed by atoms with van der Waals surface area (Å²) in [5.74, 6) is 0.771. The third-order valence-corrected chi connectivity index (χ3v) is 3.64. The molecule has 6 heteroatoms. The molecule has 1 saturated carbocycles. The van der Waals surface area contributed by atoms with Crippen molar-refractivity contribution >= 4 is 12.2 Å². The molecule has 2 amide bonds. The summed E-state index contributed by atoms with van der Waals surface area (Å²) in [4.78, 5) is 23.9. The summed E-state index contributed by atoms with van der Waals surface area (Å²) in [5, 5.41) is 11.8. The van der Waals surface area contributed by atoms with E-state index in [-0.39, 0.29) is 12.1 Å². The van der Waals surface area contributed by atoms with E-state index in [2.05, 4.69) is 5.32 Å². The van der Waals surface area contributed by atoms with Gasteiger partial charge in [0, 0.05) is 19.1 Å². The minimum Gasteiger partial charge on any atom is -0.465 e. The van der Waals surface area contributed by atoms with E-state index >= 15 is 0 Å². The maximum absolute atomic E-state index is 11.6. The Labute approximate surface area is 113 Å². The summed E-state index contributed by atoms with van der Waals surface area (Å²) in [7, 11) is 0. The molecule has 108 valence electrons. The number of nitrogens with one attached hydrogen (secondary N) is 1. The van der Waals surface area contributed by atoms with Crippen LogP contribution in [0.25, 0.3) is 0 Å². The lowest BCUT2D eigenvalue weighted by Crippen LogP contribution is -2.35. The first-order chi connectivity index (χ1) is 8.76. The third kappa shape index (κ3) is 3.75. The minimum atomic E-state index is -0.847. The van der Waals surface area contributed by atoms with Crippen LogP contribution in [0.2, 0.25) is 0 Å². The molecule has 0 aromatic rings. The van der Waals surface area contributed by atoms with Gasteiger partial charge in [-0.2, -0.15) is 0 Å². The largest absolute Gasteiger partial charge is 0.465 e. The lowest BCUT2D eigenvalue weighted by Gasteiger charge is -2.20. The van der Waals surface area contributed by atoms with E-state index in [0.29, 0.717) is 24.9 Å². The second kappa shape index (κ2) is 4.90. The van der Waals surface area contributed by atoms with Crippen molar-refractivity contribution in [3.63, 3.8) is 0 Å². The van der Waals surface area contributed by atoms with Gasteiger partial charge in [0.25, 0.3) is 0 Å². The molecule has 1 saturated heterocycles. The van der Waals surface area contributed by atoms with Crippen LogP contribution in [0, 0.1) is 11.8 Å². The highest BCUT2D eigenvalue weighted by Crippen LogP contribution is 2.41. The van der Waals surface area contributed by atoms with Gasteiger partial charge < -0.3 is 20.1 Å². The fourth-order valence-electron chi connectivity index (χ4n) is 2.67. The maximum Gasteiger partial charge on any atom is 0.407 e. The number of carbonyl (C=O) groups excluding carboxylic acids is 1. The summed E-state index contributed by atoms with van der Waals surface area (Å²) in [5.41, 5.74) is -0.484. The van der Waals surface area contributed by atoms with Crippen LogP contribution in [0.15, 0.2) is 0 Å². The predicted molar refractivity (Wildman–Crippen MR) is 69.0 cm³/mol. The average Bonchev–Trinajstić information content (AvgIpc) is 2.82. The van der Waals surface area contributed by atoms with E-state index in [1.165, 1.54) is 4.90 Å². The van der Waals surface area contributed by atoms with Crippen LogP contribution in [-0.2, 0) is 4.74 Å². The molecular weight excluding hydrogens is 248 g/mol. The Morgan fingerprint density at radius 3 is 2.58 bits per heavy atom. The normalized spacial score (nSPS) is 30.1. The van der Waals surface area contributed by atoms with Crippen molar-refractivity contribution in [3.05, 3.63) is 0 Å². The molecule has 2 fully saturated rings. The zero-order chi connectivity index (χ0) is 14.2. The minimum absolute atomic E-state index is 0.147. The van der Waals surface area contributed by atoms with Gasteiger partial charge in [0.2, 0.25) is 0 Å². The monoisotopic (exact) mass is 270 g/mol. The Balaban J connectivity index is 1.73. The molecule has 0 radical (unpaired) electrons. The predicted octanol–water partition coefficient (Wildman–Crippen LogP) is 1.90. The fourth-order valence-corrected chi connectivity index (χ4v) is 2.67. The van der Waals surface area contributed by atoms with E-state index in [0.717, 1.165) is 12.8 Å². The molecule has 0 bridgehead atoms. The topological polar surface area (TPSA) is 78.9 Å². The lowest BCUT2D eigenvalue weighted by atomic mass is 10.0. The van der Waals surface area contributed by atoms with Gasteiger partial charge in [-0.3, -0.25) is 0 Å². The summed E-state index contributed by atoms with van der Waals surface area (Å²) in [6.45, 7) is 6.69. The highest BCUT2D eigenvalue weighted by molar-refractivity contribution is 5.68. The first-order valence-corrected chi connectivity index (χ1v) is 6.73. The molecule has 0 aromatic carbocycles. The summed E-state index contributed by atoms with van der Waals surface area (Å²) in [6, 6.07) is 0.147. The molecule has 0 aromatic heterocycles. The molecule has 6 nitrogen and oxygen atoms in total. The number of likely N-dealkylation sites (tertiary alicyclic amines) is 1. The van der Waals surface area contributed by atoms with Gasteiger partial charge in [0.15, 0.2) is 0 Å². The SMILES string of the molecule is CC(C)(C)OC(=O)N[C@H]1C[C@H]1C1CCN(C(=O)O)C1. The Bertz CT molecular complexity index is 377. The molecule has 1 unspecified atom stereocenters. The smallest absolute Gasteiger partial charge is 0.407 e. The molecule has 2 N–H and O–H groups in total. The quantitative estimate of drug-likeness (QED) is 0.803. The number of carbonyl (C=O) groups is 2. The second-order valence-electron chi connectivity index (χ2n) is 6.43. The molecule has 1 aliphatic heterocycles. The molecule has 0 spiro atoms. The van der Waals surface area contributed by atoms with Crippen LogP contribution in [0.4, 0.5) is 9.59 Å². The zero-order valence-electron chi connectivity index (χ0n) is 11.7. The van der Waals surface area contributed by atoms with Gasteiger partial charge in [0.1, 0.15) is 5.60 Å². The van der Waals surface area contributed by atoms with Crippen molar-refractivity contribution in [2.24, 2.45) is 11.8 Å². The highest BCUT2D eigenvalue weighted by Gasteiger charge is 2.47. The number of alkyl carbamates (subject to hydrolysis) is 1. The van der Waals surface area contributed by atoms with E-state index < -0.39 is 11.7 Å². The molecule has 19 heavy (non-hydrogen) atoms. The van der Waals surface area contributed by atoms with Crippen LogP contribution in [0.5, 0.6) is 0 Å². The Kier molecular flexibility index (Phi) is 3.60. The second-order valence-corrected chi connectivity index (χ2v) is 6.43. The van der Waals surface area contributed by atoms with Gasteiger partial charge >= 0.3 is 12.2 Å². The molecule has 1 heterocycles. The van der Waals surface area contributed by atoms with Crippen LogP contribution in [0.1, 0.15) is 33.6 Å². The van der Waals surface area contributed by atoms with Crippen LogP contribution in [0.3, 0.4) is 0 Å². The molecule has 2 rings (SSSR count). The van der Waals surface area contributed by atoms with Crippen LogP contribution >= 0.6 is 0 Å². The number of amides is 2. The summed E-state index contributed by atoms with van der Waals surface area (Å²) >= 11 is 0. The number of nitrogens with zero attached hydrogens (tertiary/aromatic N) is 1. The molecule has 3 atom stereocenters. The average molecular weight is 270 g/mol. The highest BCUT2D eigenvalue weighted by atomic mass is 16.6. The summed E-state index contributed by atoms with van der Waals surface area (Å²) < 4.78 is 5.20.